The van der Waals surface area contributed by atoms with Gasteiger partial charge in [-0.2, -0.15) is 0 Å². The molecule has 1 fully saturated rings. The molecule has 0 aliphatic carbocycles. The number of ether oxygens (including phenoxy) is 2. The summed E-state index contributed by atoms with van der Waals surface area (Å²) >= 11 is 0. The van der Waals surface area contributed by atoms with E-state index in [9.17, 15) is 4.79 Å². The van der Waals surface area contributed by atoms with E-state index >= 15 is 0 Å². The molecule has 0 amide bonds. The lowest BCUT2D eigenvalue weighted by molar-refractivity contribution is -0.149. The van der Waals surface area contributed by atoms with Gasteiger partial charge in [-0.05, 0) is 12.8 Å². The Hall–Kier alpha value is -0.650. The average molecular weight is 189 g/mol. The maximum Gasteiger partial charge on any atom is 0.325 e. The second kappa shape index (κ2) is 5.16. The van der Waals surface area contributed by atoms with Crippen molar-refractivity contribution >= 4 is 5.97 Å². The molecule has 0 radical (unpaired) electrons. The summed E-state index contributed by atoms with van der Waals surface area (Å²) in [6.45, 7) is 0.588. The van der Waals surface area contributed by atoms with E-state index in [1.165, 1.54) is 0 Å². The third-order valence-electron chi connectivity index (χ3n) is 1.93. The Morgan fingerprint density at radius 3 is 3.08 bits per heavy atom. The molecule has 0 aromatic rings. The fourth-order valence-electron chi connectivity index (χ4n) is 1.13. The first kappa shape index (κ1) is 10.4. The molecule has 0 spiro atoms. The molecule has 5 heteroatoms. The Balaban J connectivity index is 2.13. The summed E-state index contributed by atoms with van der Waals surface area (Å²) < 4.78 is 10.1. The quantitative estimate of drug-likeness (QED) is 0.556. The number of aliphatic hydroxyl groups excluding tert-OH is 1. The molecule has 1 rings (SSSR count). The van der Waals surface area contributed by atoms with E-state index in [1.807, 2.05) is 0 Å². The Bertz CT molecular complexity index is 168. The lowest BCUT2D eigenvalue weighted by Crippen LogP contribution is -2.36. The van der Waals surface area contributed by atoms with Crippen molar-refractivity contribution in [3.8, 4) is 0 Å². The molecule has 1 aliphatic rings. The van der Waals surface area contributed by atoms with Gasteiger partial charge in [0, 0.05) is 6.61 Å². The van der Waals surface area contributed by atoms with Crippen LogP contribution in [0.4, 0.5) is 0 Å². The van der Waals surface area contributed by atoms with Crippen LogP contribution in [0.1, 0.15) is 12.8 Å². The summed E-state index contributed by atoms with van der Waals surface area (Å²) in [6.07, 6.45) is 1.94. The van der Waals surface area contributed by atoms with Crippen molar-refractivity contribution in [1.29, 1.82) is 0 Å². The van der Waals surface area contributed by atoms with Crippen LogP contribution in [0, 0.1) is 0 Å². The van der Waals surface area contributed by atoms with E-state index in [0.29, 0.717) is 0 Å². The Morgan fingerprint density at radius 2 is 2.54 bits per heavy atom. The summed E-state index contributed by atoms with van der Waals surface area (Å²) in [5.41, 5.74) is 5.24. The maximum atomic E-state index is 11.0. The van der Waals surface area contributed by atoms with E-state index in [2.05, 4.69) is 0 Å². The number of esters is 1. The van der Waals surface area contributed by atoms with E-state index in [4.69, 9.17) is 20.3 Å². The van der Waals surface area contributed by atoms with Crippen LogP contribution in [0.5, 0.6) is 0 Å². The molecule has 0 aromatic heterocycles. The van der Waals surface area contributed by atoms with Crippen LogP contribution in [0.2, 0.25) is 0 Å². The highest BCUT2D eigenvalue weighted by atomic mass is 16.6. The largest absolute Gasteiger partial charge is 0.462 e. The Labute approximate surface area is 76.8 Å². The zero-order valence-electron chi connectivity index (χ0n) is 7.44. The molecule has 0 bridgehead atoms. The SMILES string of the molecule is N[C@@H](CO)C(=O)OCC1CCCO1. The summed E-state index contributed by atoms with van der Waals surface area (Å²) in [5.74, 6) is -0.571. The molecule has 1 aliphatic heterocycles. The summed E-state index contributed by atoms with van der Waals surface area (Å²) in [6, 6.07) is -0.929. The van der Waals surface area contributed by atoms with Crippen LogP contribution in [-0.4, -0.2) is 43.0 Å². The third-order valence-corrected chi connectivity index (χ3v) is 1.93. The number of nitrogens with two attached hydrogens (primary N) is 1. The van der Waals surface area contributed by atoms with Gasteiger partial charge < -0.3 is 20.3 Å². The number of hydrogen-bond acceptors (Lipinski definition) is 5. The highest BCUT2D eigenvalue weighted by Crippen LogP contribution is 2.11. The Kier molecular flexibility index (Phi) is 4.14. The van der Waals surface area contributed by atoms with Gasteiger partial charge in [-0.3, -0.25) is 4.79 Å². The van der Waals surface area contributed by atoms with Crippen LogP contribution in [0.3, 0.4) is 0 Å². The first-order valence-electron chi connectivity index (χ1n) is 4.38. The van der Waals surface area contributed by atoms with E-state index in [1.54, 1.807) is 0 Å². The average Bonchev–Trinajstić information content (AvgIpc) is 2.65. The number of hydrogen-bond donors (Lipinski definition) is 2. The molecule has 0 aromatic carbocycles. The van der Waals surface area contributed by atoms with Crippen molar-refractivity contribution in [2.75, 3.05) is 19.8 Å². The molecule has 2 atom stereocenters. The smallest absolute Gasteiger partial charge is 0.325 e. The molecule has 76 valence electrons. The molecule has 1 unspecified atom stereocenters. The van der Waals surface area contributed by atoms with Gasteiger partial charge in [0.2, 0.25) is 0 Å². The van der Waals surface area contributed by atoms with Gasteiger partial charge in [0.05, 0.1) is 12.7 Å². The second-order valence-corrected chi connectivity index (χ2v) is 3.05. The predicted octanol–water partition coefficient (Wildman–Crippen LogP) is -0.972. The molecular formula is C8H15NO4. The third kappa shape index (κ3) is 3.30. The van der Waals surface area contributed by atoms with Gasteiger partial charge in [-0.25, -0.2) is 0 Å². The summed E-state index contributed by atoms with van der Waals surface area (Å²) in [7, 11) is 0. The lowest BCUT2D eigenvalue weighted by atomic mass is 10.2. The highest BCUT2D eigenvalue weighted by Gasteiger charge is 2.19. The van der Waals surface area contributed by atoms with E-state index in [0.717, 1.165) is 19.4 Å². The zero-order valence-corrected chi connectivity index (χ0v) is 7.44. The first-order valence-corrected chi connectivity index (χ1v) is 4.38. The van der Waals surface area contributed by atoms with Gasteiger partial charge in [0.25, 0.3) is 0 Å². The van der Waals surface area contributed by atoms with Crippen LogP contribution >= 0.6 is 0 Å². The minimum absolute atomic E-state index is 0.00911. The molecule has 13 heavy (non-hydrogen) atoms. The van der Waals surface area contributed by atoms with Gasteiger partial charge in [0.15, 0.2) is 0 Å². The summed E-state index contributed by atoms with van der Waals surface area (Å²) in [5, 5.41) is 8.54. The van der Waals surface area contributed by atoms with Crippen molar-refractivity contribution in [1.82, 2.24) is 0 Å². The van der Waals surface area contributed by atoms with Gasteiger partial charge in [-0.1, -0.05) is 0 Å². The number of carbonyl (C=O) groups excluding carboxylic acids is 1. The number of carbonyl (C=O) groups is 1. The molecule has 3 N–H and O–H groups in total. The van der Waals surface area contributed by atoms with Crippen LogP contribution in [0.25, 0.3) is 0 Å². The first-order chi connectivity index (χ1) is 6.24. The Morgan fingerprint density at radius 1 is 1.77 bits per heavy atom. The molecule has 0 saturated carbocycles. The molecule has 1 saturated heterocycles. The van der Waals surface area contributed by atoms with Crippen LogP contribution in [-0.2, 0) is 14.3 Å². The normalized spacial score (nSPS) is 24.3. The topological polar surface area (TPSA) is 81.8 Å². The molecule has 1 heterocycles. The highest BCUT2D eigenvalue weighted by molar-refractivity contribution is 5.75. The van der Waals surface area contributed by atoms with Crippen molar-refractivity contribution in [2.45, 2.75) is 25.0 Å². The standard InChI is InChI=1S/C8H15NO4/c9-7(4-10)8(11)13-5-6-2-1-3-12-6/h6-7,10H,1-5,9H2/t6?,7-/m0/s1. The fourth-order valence-corrected chi connectivity index (χ4v) is 1.13. The van der Waals surface area contributed by atoms with Crippen molar-refractivity contribution < 1.29 is 19.4 Å². The molecule has 5 nitrogen and oxygen atoms in total. The summed E-state index contributed by atoms with van der Waals surface area (Å²) in [4.78, 5) is 11.0. The molecular weight excluding hydrogens is 174 g/mol. The minimum Gasteiger partial charge on any atom is -0.462 e. The van der Waals surface area contributed by atoms with Crippen LogP contribution < -0.4 is 5.73 Å². The van der Waals surface area contributed by atoms with Gasteiger partial charge in [0.1, 0.15) is 12.6 Å². The van der Waals surface area contributed by atoms with Crippen molar-refractivity contribution in [2.24, 2.45) is 5.73 Å². The van der Waals surface area contributed by atoms with Crippen LogP contribution in [0.15, 0.2) is 0 Å². The zero-order chi connectivity index (χ0) is 9.68. The van der Waals surface area contributed by atoms with Gasteiger partial charge >= 0.3 is 5.97 Å². The predicted molar refractivity (Wildman–Crippen MR) is 45.0 cm³/mol. The fraction of sp³-hybridized carbons (Fsp3) is 0.875. The van der Waals surface area contributed by atoms with Crippen molar-refractivity contribution in [3.05, 3.63) is 0 Å². The lowest BCUT2D eigenvalue weighted by Gasteiger charge is -2.12. The van der Waals surface area contributed by atoms with E-state index in [-0.39, 0.29) is 19.3 Å². The maximum absolute atomic E-state index is 11.0. The van der Waals surface area contributed by atoms with E-state index < -0.39 is 12.0 Å². The second-order valence-electron chi connectivity index (χ2n) is 3.05. The number of aliphatic hydroxyl groups is 1. The minimum atomic E-state index is -0.929. The number of rotatable bonds is 4. The van der Waals surface area contributed by atoms with Gasteiger partial charge in [-0.15, -0.1) is 0 Å². The van der Waals surface area contributed by atoms with Crippen molar-refractivity contribution in [3.63, 3.8) is 0 Å². The monoisotopic (exact) mass is 189 g/mol.